The maximum Gasteiger partial charge on any atom is 0.164 e. The van der Waals surface area contributed by atoms with E-state index in [9.17, 15) is 0 Å². The highest BCUT2D eigenvalue weighted by molar-refractivity contribution is 6.23. The lowest BCUT2D eigenvalue weighted by molar-refractivity contribution is 1.07. The minimum atomic E-state index is 0.636. The molecule has 0 N–H and O–H groups in total. The van der Waals surface area contributed by atoms with E-state index in [4.69, 9.17) is 19.9 Å². The second-order valence-electron chi connectivity index (χ2n) is 11.9. The van der Waals surface area contributed by atoms with Gasteiger partial charge in [-0.1, -0.05) is 140 Å². The molecule has 9 rings (SSSR count). The summed E-state index contributed by atoms with van der Waals surface area (Å²) in [5, 5.41) is 5.91. The van der Waals surface area contributed by atoms with Crippen LogP contribution in [0.4, 0.5) is 0 Å². The first kappa shape index (κ1) is 27.8. The van der Waals surface area contributed by atoms with Crippen molar-refractivity contribution < 1.29 is 0 Å². The van der Waals surface area contributed by atoms with E-state index in [2.05, 4.69) is 97.1 Å². The summed E-state index contributed by atoms with van der Waals surface area (Å²) in [4.78, 5) is 19.8. The first-order chi connectivity index (χ1) is 23.8. The molecule has 0 fully saturated rings. The molecule has 9 aromatic rings. The van der Waals surface area contributed by atoms with Crippen molar-refractivity contribution in [1.29, 1.82) is 0 Å². The number of pyridine rings is 1. The second-order valence-corrected chi connectivity index (χ2v) is 11.9. The van der Waals surface area contributed by atoms with E-state index < -0.39 is 0 Å². The molecule has 0 saturated carbocycles. The molecule has 0 bridgehead atoms. The van der Waals surface area contributed by atoms with Crippen LogP contribution in [0.1, 0.15) is 0 Å². The number of aromatic nitrogens is 4. The molecule has 224 valence electrons. The minimum absolute atomic E-state index is 0.636. The van der Waals surface area contributed by atoms with Gasteiger partial charge >= 0.3 is 0 Å². The molecular formula is C44H28N4. The SMILES string of the molecule is c1ccc(-c2nc(-c3ccccc3)nc(-c3cccc(-c4cc5c6cccnc6c(-c6ccccc6)cc5c5ccccc45)c3)n2)cc1. The van der Waals surface area contributed by atoms with Gasteiger partial charge < -0.3 is 0 Å². The molecule has 0 spiro atoms. The maximum absolute atomic E-state index is 5.00. The smallest absolute Gasteiger partial charge is 0.164 e. The fourth-order valence-electron chi connectivity index (χ4n) is 6.67. The fraction of sp³-hybridized carbons (Fsp3) is 0. The summed E-state index contributed by atoms with van der Waals surface area (Å²) in [5.41, 5.74) is 8.37. The van der Waals surface area contributed by atoms with Crippen molar-refractivity contribution in [2.24, 2.45) is 0 Å². The van der Waals surface area contributed by atoms with Gasteiger partial charge in [0.2, 0.25) is 0 Å². The molecule has 0 aliphatic rings. The molecule has 48 heavy (non-hydrogen) atoms. The average molecular weight is 613 g/mol. The third-order valence-corrected chi connectivity index (χ3v) is 8.94. The van der Waals surface area contributed by atoms with Gasteiger partial charge in [-0.15, -0.1) is 0 Å². The third-order valence-electron chi connectivity index (χ3n) is 8.94. The largest absolute Gasteiger partial charge is 0.256 e. The number of nitrogens with zero attached hydrogens (tertiary/aromatic N) is 4. The minimum Gasteiger partial charge on any atom is -0.256 e. The van der Waals surface area contributed by atoms with Gasteiger partial charge in [0.15, 0.2) is 17.5 Å². The van der Waals surface area contributed by atoms with Crippen LogP contribution in [-0.4, -0.2) is 19.9 Å². The summed E-state index contributed by atoms with van der Waals surface area (Å²) < 4.78 is 0. The molecule has 0 aliphatic heterocycles. The lowest BCUT2D eigenvalue weighted by Gasteiger charge is -2.16. The number of hydrogen-bond acceptors (Lipinski definition) is 4. The summed E-state index contributed by atoms with van der Waals surface area (Å²) in [6.07, 6.45) is 1.88. The van der Waals surface area contributed by atoms with Crippen LogP contribution in [0.3, 0.4) is 0 Å². The van der Waals surface area contributed by atoms with Gasteiger partial charge in [0, 0.05) is 33.8 Å². The molecule has 4 nitrogen and oxygen atoms in total. The van der Waals surface area contributed by atoms with E-state index in [1.165, 1.54) is 21.5 Å². The van der Waals surface area contributed by atoms with Gasteiger partial charge in [0.1, 0.15) is 0 Å². The van der Waals surface area contributed by atoms with Crippen molar-refractivity contribution in [2.45, 2.75) is 0 Å². The first-order valence-electron chi connectivity index (χ1n) is 16.1. The van der Waals surface area contributed by atoms with Crippen molar-refractivity contribution in [3.63, 3.8) is 0 Å². The predicted molar refractivity (Wildman–Crippen MR) is 197 cm³/mol. The standard InChI is InChI=1S/C44H28N4/c1-4-14-29(15-5-1)38-28-39-35-23-11-10-22-34(35)37(27-40(39)36-24-13-25-45-41(36)38)32-20-12-21-33(26-32)44-47-42(30-16-6-2-7-17-30)46-43(48-44)31-18-8-3-9-19-31/h1-28H. The summed E-state index contributed by atoms with van der Waals surface area (Å²) >= 11 is 0. The normalized spacial score (nSPS) is 11.3. The van der Waals surface area contributed by atoms with Gasteiger partial charge in [-0.25, -0.2) is 15.0 Å². The Balaban J connectivity index is 1.26. The van der Waals surface area contributed by atoms with E-state index in [1.54, 1.807) is 0 Å². The van der Waals surface area contributed by atoms with Gasteiger partial charge in [0.05, 0.1) is 5.52 Å². The van der Waals surface area contributed by atoms with Crippen LogP contribution in [0.2, 0.25) is 0 Å². The lowest BCUT2D eigenvalue weighted by Crippen LogP contribution is -2.00. The molecule has 0 amide bonds. The average Bonchev–Trinajstić information content (AvgIpc) is 3.18. The zero-order valence-electron chi connectivity index (χ0n) is 26.0. The topological polar surface area (TPSA) is 51.6 Å². The highest BCUT2D eigenvalue weighted by Gasteiger charge is 2.17. The van der Waals surface area contributed by atoms with Gasteiger partial charge in [-0.2, -0.15) is 0 Å². The Kier molecular flexibility index (Phi) is 6.76. The third kappa shape index (κ3) is 4.88. The Morgan fingerprint density at radius 2 is 0.771 bits per heavy atom. The summed E-state index contributed by atoms with van der Waals surface area (Å²) in [7, 11) is 0. The van der Waals surface area contributed by atoms with Gasteiger partial charge in [-0.05, 0) is 62.5 Å². The Labute approximate surface area is 278 Å². The second kappa shape index (κ2) is 11.7. The van der Waals surface area contributed by atoms with Crippen LogP contribution in [0.25, 0.3) is 88.9 Å². The van der Waals surface area contributed by atoms with Crippen LogP contribution >= 0.6 is 0 Å². The van der Waals surface area contributed by atoms with Crippen molar-refractivity contribution >= 4 is 32.4 Å². The number of rotatable bonds is 5. The Hall–Kier alpha value is -6.52. The molecule has 0 radical (unpaired) electrons. The monoisotopic (exact) mass is 612 g/mol. The fourth-order valence-corrected chi connectivity index (χ4v) is 6.67. The molecular weight excluding hydrogens is 585 g/mol. The van der Waals surface area contributed by atoms with Crippen LogP contribution in [-0.2, 0) is 0 Å². The van der Waals surface area contributed by atoms with Crippen LogP contribution in [0.15, 0.2) is 170 Å². The van der Waals surface area contributed by atoms with Crippen LogP contribution < -0.4 is 0 Å². The first-order valence-corrected chi connectivity index (χ1v) is 16.1. The summed E-state index contributed by atoms with van der Waals surface area (Å²) in [5.74, 6) is 1.93. The van der Waals surface area contributed by atoms with E-state index in [1.807, 2.05) is 72.9 Å². The molecule has 7 aromatic carbocycles. The maximum atomic E-state index is 5.00. The molecule has 0 saturated heterocycles. The molecule has 0 atom stereocenters. The van der Waals surface area contributed by atoms with E-state index in [0.717, 1.165) is 49.8 Å². The van der Waals surface area contributed by atoms with Crippen molar-refractivity contribution in [3.8, 4) is 56.4 Å². The highest BCUT2D eigenvalue weighted by Crippen LogP contribution is 2.41. The van der Waals surface area contributed by atoms with E-state index in [0.29, 0.717) is 17.5 Å². The highest BCUT2D eigenvalue weighted by atomic mass is 15.0. The lowest BCUT2D eigenvalue weighted by atomic mass is 9.89. The van der Waals surface area contributed by atoms with Gasteiger partial charge in [-0.3, -0.25) is 4.98 Å². The zero-order valence-corrected chi connectivity index (χ0v) is 26.0. The quantitative estimate of drug-likeness (QED) is 0.181. The van der Waals surface area contributed by atoms with E-state index >= 15 is 0 Å². The van der Waals surface area contributed by atoms with Crippen LogP contribution in [0, 0.1) is 0 Å². The molecule has 0 aliphatic carbocycles. The van der Waals surface area contributed by atoms with Crippen molar-refractivity contribution in [2.75, 3.05) is 0 Å². The molecule has 2 aromatic heterocycles. The Morgan fingerprint density at radius 3 is 1.44 bits per heavy atom. The zero-order chi connectivity index (χ0) is 31.9. The Bertz CT molecular complexity index is 2540. The summed E-state index contributed by atoms with van der Waals surface area (Å²) in [6.45, 7) is 0. The van der Waals surface area contributed by atoms with E-state index in [-0.39, 0.29) is 0 Å². The van der Waals surface area contributed by atoms with Crippen LogP contribution in [0.5, 0.6) is 0 Å². The van der Waals surface area contributed by atoms with Crippen molar-refractivity contribution in [1.82, 2.24) is 19.9 Å². The molecule has 4 heteroatoms. The van der Waals surface area contributed by atoms with Crippen molar-refractivity contribution in [3.05, 3.63) is 170 Å². The number of benzene rings is 7. The molecule has 0 unspecified atom stereocenters. The number of fused-ring (bicyclic) bond motifs is 5. The predicted octanol–water partition coefficient (Wildman–Crippen LogP) is 11.1. The Morgan fingerprint density at radius 1 is 0.292 bits per heavy atom. The van der Waals surface area contributed by atoms with Gasteiger partial charge in [0.25, 0.3) is 0 Å². The summed E-state index contributed by atoms with van der Waals surface area (Å²) in [6, 6.07) is 56.8. The molecule has 2 heterocycles. The number of hydrogen-bond donors (Lipinski definition) is 0.